The van der Waals surface area contributed by atoms with Crippen molar-refractivity contribution in [2.45, 2.75) is 57.1 Å². The van der Waals surface area contributed by atoms with E-state index in [1.807, 2.05) is 13.3 Å². The summed E-state index contributed by atoms with van der Waals surface area (Å²) in [5, 5.41) is 3.15. The molecule has 1 N–H and O–H groups in total. The molecule has 0 bridgehead atoms. The van der Waals surface area contributed by atoms with Crippen molar-refractivity contribution in [3.05, 3.63) is 41.7 Å². The van der Waals surface area contributed by atoms with Gasteiger partial charge in [-0.15, -0.1) is 0 Å². The maximum absolute atomic E-state index is 6.10. The molecule has 1 aromatic carbocycles. The number of hydrogen-bond acceptors (Lipinski definition) is 3. The lowest BCUT2D eigenvalue weighted by atomic mass is 9.87. The van der Waals surface area contributed by atoms with Gasteiger partial charge in [0, 0.05) is 12.7 Å². The Balaban J connectivity index is 1.64. The van der Waals surface area contributed by atoms with E-state index in [9.17, 15) is 0 Å². The molecule has 0 aromatic heterocycles. The lowest BCUT2D eigenvalue weighted by molar-refractivity contribution is 0.0932. The monoisotopic (exact) mass is 298 g/mol. The summed E-state index contributed by atoms with van der Waals surface area (Å²) in [7, 11) is 1.94. The predicted molar refractivity (Wildman–Crippen MR) is 92.5 cm³/mol. The Hall–Kier alpha value is -1.77. The second-order valence-corrected chi connectivity index (χ2v) is 6.55. The molecule has 22 heavy (non-hydrogen) atoms. The van der Waals surface area contributed by atoms with Gasteiger partial charge in [-0.25, -0.2) is 0 Å². The van der Waals surface area contributed by atoms with Gasteiger partial charge in [-0.05, 0) is 62.8 Å². The molecule has 2 aliphatic rings. The van der Waals surface area contributed by atoms with Gasteiger partial charge in [0.2, 0.25) is 0 Å². The van der Waals surface area contributed by atoms with Crippen LogP contribution in [0.1, 0.15) is 51.0 Å². The van der Waals surface area contributed by atoms with E-state index < -0.39 is 0 Å². The Morgan fingerprint density at radius 3 is 2.45 bits per heavy atom. The normalized spacial score (nSPS) is 25.6. The Labute approximate surface area is 133 Å². The fraction of sp³-hybridized carbons (Fsp3) is 0.526. The zero-order chi connectivity index (χ0) is 15.4. The number of nitrogens with zero attached hydrogens (tertiary/aromatic N) is 1. The largest absolute Gasteiger partial charge is 0.489 e. The summed E-state index contributed by atoms with van der Waals surface area (Å²) in [6.07, 6.45) is 11.7. The minimum absolute atomic E-state index is 0.175. The van der Waals surface area contributed by atoms with Crippen LogP contribution in [-0.2, 0) is 10.3 Å². The zero-order valence-corrected chi connectivity index (χ0v) is 13.6. The average Bonchev–Trinajstić information content (AvgIpc) is 2.58. The SMILES string of the molecule is CNc1ccc(C2(C)CC=C(OC3CCCCC3)C=N2)cc1. The van der Waals surface area contributed by atoms with Gasteiger partial charge in [0.05, 0.1) is 17.9 Å². The van der Waals surface area contributed by atoms with E-state index in [4.69, 9.17) is 9.73 Å². The first-order valence-corrected chi connectivity index (χ1v) is 8.40. The second kappa shape index (κ2) is 6.55. The third-order valence-electron chi connectivity index (χ3n) is 4.83. The second-order valence-electron chi connectivity index (χ2n) is 6.55. The van der Waals surface area contributed by atoms with Crippen molar-refractivity contribution in [2.75, 3.05) is 12.4 Å². The minimum Gasteiger partial charge on any atom is -0.489 e. The van der Waals surface area contributed by atoms with E-state index in [1.165, 1.54) is 37.7 Å². The van der Waals surface area contributed by atoms with Gasteiger partial charge in [-0.3, -0.25) is 4.99 Å². The van der Waals surface area contributed by atoms with E-state index in [2.05, 4.69) is 42.6 Å². The highest BCUT2D eigenvalue weighted by Crippen LogP contribution is 2.34. The summed E-state index contributed by atoms with van der Waals surface area (Å²) in [6, 6.07) is 8.52. The van der Waals surface area contributed by atoms with Gasteiger partial charge in [0.1, 0.15) is 5.76 Å². The van der Waals surface area contributed by atoms with E-state index in [0.29, 0.717) is 6.10 Å². The molecule has 1 unspecified atom stereocenters. The molecule has 0 spiro atoms. The summed E-state index contributed by atoms with van der Waals surface area (Å²) in [6.45, 7) is 2.19. The maximum atomic E-state index is 6.10. The molecule has 1 fully saturated rings. The Morgan fingerprint density at radius 1 is 1.14 bits per heavy atom. The van der Waals surface area contributed by atoms with Gasteiger partial charge in [0.25, 0.3) is 0 Å². The fourth-order valence-corrected chi connectivity index (χ4v) is 3.25. The summed E-state index contributed by atoms with van der Waals surface area (Å²) < 4.78 is 6.10. The molecular formula is C19H26N2O. The molecule has 1 aromatic rings. The molecule has 1 heterocycles. The molecule has 3 heteroatoms. The first-order chi connectivity index (χ1) is 10.7. The van der Waals surface area contributed by atoms with E-state index in [0.717, 1.165) is 17.9 Å². The Morgan fingerprint density at radius 2 is 1.86 bits per heavy atom. The van der Waals surface area contributed by atoms with Crippen LogP contribution in [0, 0.1) is 0 Å². The fourth-order valence-electron chi connectivity index (χ4n) is 3.25. The van der Waals surface area contributed by atoms with Crippen LogP contribution in [0.15, 0.2) is 41.1 Å². The predicted octanol–water partition coefficient (Wildman–Crippen LogP) is 4.65. The number of rotatable bonds is 4. The van der Waals surface area contributed by atoms with Crippen molar-refractivity contribution in [3.63, 3.8) is 0 Å². The van der Waals surface area contributed by atoms with Crippen LogP contribution >= 0.6 is 0 Å². The highest BCUT2D eigenvalue weighted by Gasteiger charge is 2.27. The number of nitrogens with one attached hydrogen (secondary N) is 1. The molecule has 1 atom stereocenters. The molecule has 1 saturated carbocycles. The molecule has 0 saturated heterocycles. The van der Waals surface area contributed by atoms with Gasteiger partial charge in [-0.1, -0.05) is 18.6 Å². The van der Waals surface area contributed by atoms with Crippen molar-refractivity contribution >= 4 is 11.9 Å². The van der Waals surface area contributed by atoms with Crippen LogP contribution in [0.4, 0.5) is 5.69 Å². The summed E-state index contributed by atoms with van der Waals surface area (Å²) >= 11 is 0. The molecular weight excluding hydrogens is 272 g/mol. The van der Waals surface area contributed by atoms with Crippen molar-refractivity contribution in [2.24, 2.45) is 4.99 Å². The van der Waals surface area contributed by atoms with Crippen LogP contribution < -0.4 is 5.32 Å². The number of dihydropyridines is 1. The van der Waals surface area contributed by atoms with E-state index in [-0.39, 0.29) is 5.54 Å². The number of ether oxygens (including phenoxy) is 1. The van der Waals surface area contributed by atoms with Gasteiger partial charge in [-0.2, -0.15) is 0 Å². The Bertz CT molecular complexity index is 555. The quantitative estimate of drug-likeness (QED) is 0.877. The summed E-state index contributed by atoms with van der Waals surface area (Å²) in [4.78, 5) is 4.80. The van der Waals surface area contributed by atoms with Crippen LogP contribution in [0.3, 0.4) is 0 Å². The van der Waals surface area contributed by atoms with Gasteiger partial charge >= 0.3 is 0 Å². The summed E-state index contributed by atoms with van der Waals surface area (Å²) in [5.74, 6) is 0.955. The molecule has 3 rings (SSSR count). The number of hydrogen-bond donors (Lipinski definition) is 1. The molecule has 3 nitrogen and oxygen atoms in total. The maximum Gasteiger partial charge on any atom is 0.133 e. The van der Waals surface area contributed by atoms with Crippen molar-refractivity contribution < 1.29 is 4.74 Å². The first-order valence-electron chi connectivity index (χ1n) is 8.40. The smallest absolute Gasteiger partial charge is 0.133 e. The first kappa shape index (κ1) is 15.1. The third-order valence-corrected chi connectivity index (χ3v) is 4.83. The van der Waals surface area contributed by atoms with Crippen LogP contribution in [0.2, 0.25) is 0 Å². The third kappa shape index (κ3) is 3.34. The van der Waals surface area contributed by atoms with E-state index in [1.54, 1.807) is 0 Å². The minimum atomic E-state index is -0.175. The average molecular weight is 298 g/mol. The number of benzene rings is 1. The highest BCUT2D eigenvalue weighted by molar-refractivity contribution is 5.77. The highest BCUT2D eigenvalue weighted by atomic mass is 16.5. The lowest BCUT2D eigenvalue weighted by Crippen LogP contribution is -2.24. The van der Waals surface area contributed by atoms with Gasteiger partial charge in [0.15, 0.2) is 0 Å². The van der Waals surface area contributed by atoms with Gasteiger partial charge < -0.3 is 10.1 Å². The van der Waals surface area contributed by atoms with E-state index >= 15 is 0 Å². The summed E-state index contributed by atoms with van der Waals surface area (Å²) in [5.41, 5.74) is 2.20. The number of allylic oxidation sites excluding steroid dienone is 1. The van der Waals surface area contributed by atoms with Crippen molar-refractivity contribution in [1.82, 2.24) is 0 Å². The van der Waals surface area contributed by atoms with Crippen LogP contribution in [-0.4, -0.2) is 19.4 Å². The van der Waals surface area contributed by atoms with Crippen LogP contribution in [0.25, 0.3) is 0 Å². The number of aliphatic imine (C=N–C) groups is 1. The standard InChI is InChI=1S/C19H26N2O/c1-19(15-8-10-16(20-2)11-9-15)13-12-18(14-21-19)22-17-6-4-3-5-7-17/h8-12,14,17,20H,3-7,13H2,1-2H3. The molecule has 1 aliphatic heterocycles. The zero-order valence-electron chi connectivity index (χ0n) is 13.6. The van der Waals surface area contributed by atoms with Crippen molar-refractivity contribution in [3.8, 4) is 0 Å². The molecule has 0 radical (unpaired) electrons. The topological polar surface area (TPSA) is 33.6 Å². The molecule has 118 valence electrons. The lowest BCUT2D eigenvalue weighted by Gasteiger charge is -2.30. The number of anilines is 1. The van der Waals surface area contributed by atoms with Crippen LogP contribution in [0.5, 0.6) is 0 Å². The van der Waals surface area contributed by atoms with Crippen molar-refractivity contribution in [1.29, 1.82) is 0 Å². The Kier molecular flexibility index (Phi) is 4.51. The molecule has 0 amide bonds. The molecule has 1 aliphatic carbocycles.